The second-order valence-electron chi connectivity index (χ2n) is 3.79. The number of anilines is 1. The van der Waals surface area contributed by atoms with Crippen LogP contribution in [0.3, 0.4) is 0 Å². The van der Waals surface area contributed by atoms with E-state index in [-0.39, 0.29) is 16.9 Å². The first-order chi connectivity index (χ1) is 9.47. The number of amides is 1. The smallest absolute Gasteiger partial charge is 0.337 e. The predicted octanol–water partition coefficient (Wildman–Crippen LogP) is 2.93. The van der Waals surface area contributed by atoms with Gasteiger partial charge in [-0.2, -0.15) is 0 Å². The van der Waals surface area contributed by atoms with Gasteiger partial charge in [0.1, 0.15) is 16.1 Å². The molecule has 1 amide bonds. The van der Waals surface area contributed by atoms with Crippen LogP contribution in [0, 0.1) is 5.82 Å². The molecule has 7 heteroatoms. The summed E-state index contributed by atoms with van der Waals surface area (Å²) in [6, 6.07) is 7.84. The number of carboxylic acids is 1. The first-order valence-electron chi connectivity index (χ1n) is 5.44. The number of pyridine rings is 1. The quantitative estimate of drug-likeness (QED) is 0.843. The summed E-state index contributed by atoms with van der Waals surface area (Å²) in [5.41, 5.74) is -0.209. The molecule has 0 saturated carbocycles. The Morgan fingerprint density at radius 1 is 1.25 bits per heavy atom. The van der Waals surface area contributed by atoms with Crippen LogP contribution in [-0.2, 0) is 0 Å². The highest BCUT2D eigenvalue weighted by atomic mass is 79.9. The Morgan fingerprint density at radius 3 is 2.65 bits per heavy atom. The van der Waals surface area contributed by atoms with E-state index in [0.29, 0.717) is 4.60 Å². The summed E-state index contributed by atoms with van der Waals surface area (Å²) in [6.45, 7) is 0. The molecule has 0 bridgehead atoms. The van der Waals surface area contributed by atoms with E-state index in [4.69, 9.17) is 5.11 Å². The van der Waals surface area contributed by atoms with Gasteiger partial charge in [-0.15, -0.1) is 0 Å². The van der Waals surface area contributed by atoms with Crippen molar-refractivity contribution < 1.29 is 19.1 Å². The van der Waals surface area contributed by atoms with Gasteiger partial charge in [-0.05, 0) is 46.3 Å². The maximum absolute atomic E-state index is 13.0. The molecule has 0 spiro atoms. The van der Waals surface area contributed by atoms with Gasteiger partial charge < -0.3 is 10.4 Å². The average Bonchev–Trinajstić information content (AvgIpc) is 2.40. The van der Waals surface area contributed by atoms with Gasteiger partial charge in [0.2, 0.25) is 0 Å². The number of nitrogens with zero attached hydrogens (tertiary/aromatic N) is 1. The standard InChI is InChI=1S/C13H8BrFN2O3/c14-11-3-1-2-10(16-11)12(18)17-9-5-4-7(15)6-8(9)13(19)20/h1-6H,(H,17,18)(H,19,20). The molecule has 0 unspecified atom stereocenters. The van der Waals surface area contributed by atoms with Crippen LogP contribution in [-0.4, -0.2) is 22.0 Å². The van der Waals surface area contributed by atoms with Gasteiger partial charge in [-0.25, -0.2) is 14.2 Å². The Labute approximate surface area is 121 Å². The van der Waals surface area contributed by atoms with Gasteiger partial charge in [0.25, 0.3) is 5.91 Å². The van der Waals surface area contributed by atoms with Gasteiger partial charge in [-0.1, -0.05) is 6.07 Å². The van der Waals surface area contributed by atoms with Crippen molar-refractivity contribution in [2.45, 2.75) is 0 Å². The Hall–Kier alpha value is -2.28. The molecule has 0 saturated heterocycles. The van der Waals surface area contributed by atoms with Gasteiger partial charge in [0.05, 0.1) is 11.3 Å². The number of rotatable bonds is 3. The lowest BCUT2D eigenvalue weighted by Gasteiger charge is -2.08. The van der Waals surface area contributed by atoms with Gasteiger partial charge in [-0.3, -0.25) is 4.79 Å². The third kappa shape index (κ3) is 3.18. The highest BCUT2D eigenvalue weighted by Crippen LogP contribution is 2.18. The fourth-order valence-electron chi connectivity index (χ4n) is 1.52. The summed E-state index contributed by atoms with van der Waals surface area (Å²) < 4.78 is 13.5. The second-order valence-corrected chi connectivity index (χ2v) is 4.61. The van der Waals surface area contributed by atoms with Crippen LogP contribution >= 0.6 is 15.9 Å². The van der Waals surface area contributed by atoms with Crippen LogP contribution < -0.4 is 5.32 Å². The van der Waals surface area contributed by atoms with Crippen molar-refractivity contribution in [3.8, 4) is 0 Å². The van der Waals surface area contributed by atoms with Crippen LogP contribution in [0.15, 0.2) is 41.0 Å². The lowest BCUT2D eigenvalue weighted by molar-refractivity contribution is 0.0697. The van der Waals surface area contributed by atoms with Crippen LogP contribution in [0.5, 0.6) is 0 Å². The summed E-state index contributed by atoms with van der Waals surface area (Å²) in [4.78, 5) is 26.9. The number of hydrogen-bond acceptors (Lipinski definition) is 3. The summed E-state index contributed by atoms with van der Waals surface area (Å²) in [5, 5.41) is 11.4. The monoisotopic (exact) mass is 338 g/mol. The fraction of sp³-hybridized carbons (Fsp3) is 0. The molecule has 0 fully saturated rings. The number of hydrogen-bond donors (Lipinski definition) is 2. The van der Waals surface area contributed by atoms with Crippen molar-refractivity contribution in [1.29, 1.82) is 0 Å². The number of aromatic carboxylic acids is 1. The highest BCUT2D eigenvalue weighted by molar-refractivity contribution is 9.10. The second kappa shape index (κ2) is 5.79. The largest absolute Gasteiger partial charge is 0.478 e. The Kier molecular flexibility index (Phi) is 4.09. The molecule has 5 nitrogen and oxygen atoms in total. The molecule has 2 rings (SSSR count). The molecule has 1 heterocycles. The van der Waals surface area contributed by atoms with Crippen LogP contribution in [0.25, 0.3) is 0 Å². The van der Waals surface area contributed by atoms with E-state index in [1.807, 2.05) is 0 Å². The van der Waals surface area contributed by atoms with Crippen molar-refractivity contribution in [3.63, 3.8) is 0 Å². The molecule has 0 aliphatic rings. The van der Waals surface area contributed by atoms with Crippen molar-refractivity contribution in [3.05, 3.63) is 58.1 Å². The van der Waals surface area contributed by atoms with E-state index >= 15 is 0 Å². The number of halogens is 2. The molecule has 20 heavy (non-hydrogen) atoms. The fourth-order valence-corrected chi connectivity index (χ4v) is 1.87. The Bertz CT molecular complexity index is 691. The lowest BCUT2D eigenvalue weighted by atomic mass is 10.1. The molecule has 2 N–H and O–H groups in total. The van der Waals surface area contributed by atoms with E-state index < -0.39 is 17.7 Å². The first-order valence-corrected chi connectivity index (χ1v) is 6.23. The number of carbonyl (C=O) groups excluding carboxylic acids is 1. The van der Waals surface area contributed by atoms with Gasteiger partial charge >= 0.3 is 5.97 Å². The average molecular weight is 339 g/mol. The first kappa shape index (κ1) is 14.1. The molecular formula is C13H8BrFN2O3. The van der Waals surface area contributed by atoms with E-state index in [0.717, 1.165) is 12.1 Å². The summed E-state index contributed by atoms with van der Waals surface area (Å²) in [6.07, 6.45) is 0. The SMILES string of the molecule is O=C(Nc1ccc(F)cc1C(=O)O)c1cccc(Br)n1. The minimum atomic E-state index is -1.33. The van der Waals surface area contributed by atoms with Crippen LogP contribution in [0.4, 0.5) is 10.1 Å². The zero-order valence-corrected chi connectivity index (χ0v) is 11.5. The van der Waals surface area contributed by atoms with E-state index in [2.05, 4.69) is 26.2 Å². The normalized spacial score (nSPS) is 10.1. The maximum Gasteiger partial charge on any atom is 0.337 e. The summed E-state index contributed by atoms with van der Waals surface area (Å²) in [5.74, 6) is -2.61. The van der Waals surface area contributed by atoms with Crippen LogP contribution in [0.1, 0.15) is 20.8 Å². The number of aromatic nitrogens is 1. The van der Waals surface area contributed by atoms with Gasteiger partial charge in [0.15, 0.2) is 0 Å². The Balaban J connectivity index is 2.30. The maximum atomic E-state index is 13.0. The molecule has 0 aliphatic carbocycles. The zero-order valence-electron chi connectivity index (χ0n) is 9.93. The lowest BCUT2D eigenvalue weighted by Crippen LogP contribution is -2.16. The number of benzene rings is 1. The number of carboxylic acid groups (broad SMARTS) is 1. The predicted molar refractivity (Wildman–Crippen MR) is 73.2 cm³/mol. The number of carbonyl (C=O) groups is 2. The molecule has 0 radical (unpaired) electrons. The van der Waals surface area contributed by atoms with E-state index in [9.17, 15) is 14.0 Å². The minimum absolute atomic E-state index is 0.00526. The number of nitrogens with one attached hydrogen (secondary N) is 1. The zero-order chi connectivity index (χ0) is 14.7. The molecule has 0 aliphatic heterocycles. The Morgan fingerprint density at radius 2 is 2.00 bits per heavy atom. The van der Waals surface area contributed by atoms with Crippen molar-refractivity contribution in [1.82, 2.24) is 4.98 Å². The van der Waals surface area contributed by atoms with E-state index in [1.165, 1.54) is 12.1 Å². The molecular weight excluding hydrogens is 331 g/mol. The third-order valence-corrected chi connectivity index (χ3v) is 2.85. The molecule has 1 aromatic heterocycles. The van der Waals surface area contributed by atoms with E-state index in [1.54, 1.807) is 12.1 Å². The van der Waals surface area contributed by atoms with Crippen molar-refractivity contribution in [2.24, 2.45) is 0 Å². The minimum Gasteiger partial charge on any atom is -0.478 e. The van der Waals surface area contributed by atoms with Crippen molar-refractivity contribution in [2.75, 3.05) is 5.32 Å². The van der Waals surface area contributed by atoms with Gasteiger partial charge in [0, 0.05) is 0 Å². The van der Waals surface area contributed by atoms with Crippen LogP contribution in [0.2, 0.25) is 0 Å². The topological polar surface area (TPSA) is 79.3 Å². The molecule has 1 aromatic carbocycles. The third-order valence-electron chi connectivity index (χ3n) is 2.41. The molecule has 0 atom stereocenters. The molecule has 102 valence electrons. The molecule has 2 aromatic rings. The highest BCUT2D eigenvalue weighted by Gasteiger charge is 2.15. The van der Waals surface area contributed by atoms with Crippen molar-refractivity contribution >= 4 is 33.5 Å². The summed E-state index contributed by atoms with van der Waals surface area (Å²) in [7, 11) is 0. The summed E-state index contributed by atoms with van der Waals surface area (Å²) >= 11 is 3.13.